The molecule has 2 aromatic rings. The molecule has 4 rings (SSSR count). The Bertz CT molecular complexity index is 823. The zero-order valence-electron chi connectivity index (χ0n) is 16.0. The van der Waals surface area contributed by atoms with Crippen LogP contribution < -0.4 is 0 Å². The molecular formula is C20H27N5O2. The predicted molar refractivity (Wildman–Crippen MR) is 101 cm³/mol. The van der Waals surface area contributed by atoms with Gasteiger partial charge in [0.25, 0.3) is 5.91 Å². The van der Waals surface area contributed by atoms with Crippen LogP contribution in [0, 0.1) is 5.92 Å². The van der Waals surface area contributed by atoms with Crippen molar-refractivity contribution in [1.82, 2.24) is 24.8 Å². The van der Waals surface area contributed by atoms with Crippen LogP contribution in [0.1, 0.15) is 48.6 Å². The molecule has 0 aromatic carbocycles. The van der Waals surface area contributed by atoms with Crippen molar-refractivity contribution < 1.29 is 9.90 Å². The summed E-state index contributed by atoms with van der Waals surface area (Å²) < 4.78 is 0. The highest BCUT2D eigenvalue weighted by molar-refractivity contribution is 5.94. The molecule has 7 nitrogen and oxygen atoms in total. The summed E-state index contributed by atoms with van der Waals surface area (Å²) in [7, 11) is 0. The summed E-state index contributed by atoms with van der Waals surface area (Å²) >= 11 is 0. The first kappa shape index (κ1) is 18.0. The Morgan fingerprint density at radius 1 is 1.30 bits per heavy atom. The monoisotopic (exact) mass is 369 g/mol. The highest BCUT2D eigenvalue weighted by Crippen LogP contribution is 2.42. The fourth-order valence-corrected chi connectivity index (χ4v) is 4.57. The van der Waals surface area contributed by atoms with Crippen LogP contribution in [-0.4, -0.2) is 61.9 Å². The summed E-state index contributed by atoms with van der Waals surface area (Å²) in [5.41, 5.74) is 2.41. The molecule has 0 radical (unpaired) electrons. The van der Waals surface area contributed by atoms with Gasteiger partial charge in [0, 0.05) is 44.5 Å². The molecule has 0 aliphatic carbocycles. The number of aromatic hydroxyl groups is 1. The number of H-pyrrole nitrogens is 1. The minimum Gasteiger partial charge on any atom is -0.505 e. The van der Waals surface area contributed by atoms with Crippen LogP contribution in [0.4, 0.5) is 0 Å². The van der Waals surface area contributed by atoms with Gasteiger partial charge < -0.3 is 15.0 Å². The first-order chi connectivity index (χ1) is 13.0. The van der Waals surface area contributed by atoms with Crippen molar-refractivity contribution >= 4 is 5.91 Å². The smallest absolute Gasteiger partial charge is 0.276 e. The van der Waals surface area contributed by atoms with E-state index in [0.717, 1.165) is 38.0 Å². The molecule has 2 aromatic heterocycles. The molecule has 0 atom stereocenters. The van der Waals surface area contributed by atoms with Gasteiger partial charge in [-0.1, -0.05) is 13.8 Å². The van der Waals surface area contributed by atoms with Gasteiger partial charge in [-0.2, -0.15) is 0 Å². The first-order valence-corrected chi connectivity index (χ1v) is 9.72. The van der Waals surface area contributed by atoms with Gasteiger partial charge in [-0.15, -0.1) is 0 Å². The lowest BCUT2D eigenvalue weighted by atomic mass is 9.78. The molecular weight excluding hydrogens is 342 g/mol. The molecule has 2 aliphatic rings. The Kier molecular flexibility index (Phi) is 4.63. The second-order valence-corrected chi connectivity index (χ2v) is 8.01. The van der Waals surface area contributed by atoms with Crippen molar-refractivity contribution in [3.8, 4) is 5.75 Å². The molecule has 144 valence electrons. The Labute approximate surface area is 159 Å². The predicted octanol–water partition coefficient (Wildman–Crippen LogP) is 2.16. The number of amides is 1. The van der Waals surface area contributed by atoms with E-state index < -0.39 is 0 Å². The maximum absolute atomic E-state index is 12.8. The Hall–Kier alpha value is -2.41. The van der Waals surface area contributed by atoms with E-state index in [0.29, 0.717) is 19.0 Å². The normalized spacial score (nSPS) is 19.4. The molecule has 0 saturated carbocycles. The van der Waals surface area contributed by atoms with E-state index in [9.17, 15) is 9.90 Å². The van der Waals surface area contributed by atoms with Crippen LogP contribution in [0.5, 0.6) is 5.75 Å². The van der Waals surface area contributed by atoms with Crippen molar-refractivity contribution in [3.05, 3.63) is 41.7 Å². The minimum atomic E-state index is -0.198. The van der Waals surface area contributed by atoms with Crippen molar-refractivity contribution in [2.24, 2.45) is 5.92 Å². The highest BCUT2D eigenvalue weighted by atomic mass is 16.3. The van der Waals surface area contributed by atoms with Gasteiger partial charge in [-0.3, -0.25) is 9.69 Å². The molecule has 2 N–H and O–H groups in total. The quantitative estimate of drug-likeness (QED) is 0.866. The minimum absolute atomic E-state index is 0.0588. The largest absolute Gasteiger partial charge is 0.505 e. The van der Waals surface area contributed by atoms with Gasteiger partial charge in [-0.05, 0) is 30.9 Å². The molecule has 27 heavy (non-hydrogen) atoms. The number of rotatable bonds is 3. The van der Waals surface area contributed by atoms with Gasteiger partial charge in [0.1, 0.15) is 5.75 Å². The number of carbonyl (C=O) groups is 1. The summed E-state index contributed by atoms with van der Waals surface area (Å²) in [6.07, 6.45) is 6.02. The maximum atomic E-state index is 12.8. The number of fused-ring (bicyclic) bond motifs is 2. The van der Waals surface area contributed by atoms with E-state index in [-0.39, 0.29) is 22.9 Å². The zero-order chi connectivity index (χ0) is 19.0. The molecule has 7 heteroatoms. The number of imidazole rings is 1. The number of aromatic amines is 1. The van der Waals surface area contributed by atoms with Crippen molar-refractivity contribution in [2.75, 3.05) is 26.2 Å². The fourth-order valence-electron chi connectivity index (χ4n) is 4.57. The van der Waals surface area contributed by atoms with Crippen molar-refractivity contribution in [1.29, 1.82) is 0 Å². The molecule has 1 spiro atoms. The van der Waals surface area contributed by atoms with Crippen LogP contribution in [0.25, 0.3) is 0 Å². The number of nitrogens with one attached hydrogen (secondary N) is 1. The molecule has 0 unspecified atom stereocenters. The lowest BCUT2D eigenvalue weighted by Crippen LogP contribution is -2.57. The number of aromatic nitrogens is 3. The van der Waals surface area contributed by atoms with Crippen LogP contribution in [-0.2, 0) is 12.0 Å². The summed E-state index contributed by atoms with van der Waals surface area (Å²) in [6, 6.07) is 3.13. The molecule has 2 aliphatic heterocycles. The third-order valence-corrected chi connectivity index (χ3v) is 5.85. The van der Waals surface area contributed by atoms with E-state index in [1.54, 1.807) is 18.6 Å². The maximum Gasteiger partial charge on any atom is 0.276 e. The van der Waals surface area contributed by atoms with Crippen molar-refractivity contribution in [3.63, 3.8) is 0 Å². The number of pyridine rings is 1. The fraction of sp³-hybridized carbons (Fsp3) is 0.550. The number of hydrogen-bond donors (Lipinski definition) is 2. The van der Waals surface area contributed by atoms with E-state index in [1.165, 1.54) is 11.8 Å². The Balaban J connectivity index is 1.57. The van der Waals surface area contributed by atoms with Gasteiger partial charge in [-0.25, -0.2) is 9.97 Å². The summed E-state index contributed by atoms with van der Waals surface area (Å²) in [4.78, 5) is 29.3. The topological polar surface area (TPSA) is 85.4 Å². The summed E-state index contributed by atoms with van der Waals surface area (Å²) in [5.74, 6) is 0.320. The molecule has 1 saturated heterocycles. The van der Waals surface area contributed by atoms with E-state index in [2.05, 4.69) is 33.7 Å². The highest BCUT2D eigenvalue weighted by Gasteiger charge is 2.47. The van der Waals surface area contributed by atoms with Gasteiger partial charge >= 0.3 is 0 Å². The number of carbonyl (C=O) groups excluding carboxylic acids is 1. The first-order valence-electron chi connectivity index (χ1n) is 9.72. The second-order valence-electron chi connectivity index (χ2n) is 8.01. The SMILES string of the molecule is CC(C)CN1CCc2[nH]cnc2C12CCN(C(=O)c1ncccc1O)CC2. The Morgan fingerprint density at radius 2 is 2.07 bits per heavy atom. The van der Waals surface area contributed by atoms with Gasteiger partial charge in [0.15, 0.2) is 5.69 Å². The summed E-state index contributed by atoms with van der Waals surface area (Å²) in [6.45, 7) is 7.81. The van der Waals surface area contributed by atoms with Gasteiger partial charge in [0.2, 0.25) is 0 Å². The molecule has 1 fully saturated rings. The molecule has 0 bridgehead atoms. The van der Waals surface area contributed by atoms with Crippen LogP contribution >= 0.6 is 0 Å². The zero-order valence-corrected chi connectivity index (χ0v) is 16.0. The van der Waals surface area contributed by atoms with Crippen LogP contribution in [0.2, 0.25) is 0 Å². The van der Waals surface area contributed by atoms with E-state index in [4.69, 9.17) is 0 Å². The average molecular weight is 369 g/mol. The van der Waals surface area contributed by atoms with Crippen LogP contribution in [0.15, 0.2) is 24.7 Å². The van der Waals surface area contributed by atoms with Crippen LogP contribution in [0.3, 0.4) is 0 Å². The molecule has 1 amide bonds. The van der Waals surface area contributed by atoms with E-state index in [1.807, 2.05) is 4.90 Å². The van der Waals surface area contributed by atoms with Crippen molar-refractivity contribution in [2.45, 2.75) is 38.6 Å². The lowest BCUT2D eigenvalue weighted by molar-refractivity contribution is 0.000386. The number of likely N-dealkylation sites (tertiary alicyclic amines) is 1. The third-order valence-electron chi connectivity index (χ3n) is 5.85. The third kappa shape index (κ3) is 3.10. The lowest BCUT2D eigenvalue weighted by Gasteiger charge is -2.51. The number of piperidine rings is 1. The average Bonchev–Trinajstić information content (AvgIpc) is 3.14. The molecule has 4 heterocycles. The number of hydrogen-bond acceptors (Lipinski definition) is 5. The number of nitrogens with zero attached hydrogens (tertiary/aromatic N) is 4. The second kappa shape index (κ2) is 6.96. The van der Waals surface area contributed by atoms with E-state index >= 15 is 0 Å². The van der Waals surface area contributed by atoms with Gasteiger partial charge in [0.05, 0.1) is 17.6 Å². The Morgan fingerprint density at radius 3 is 2.78 bits per heavy atom. The summed E-state index contributed by atoms with van der Waals surface area (Å²) in [5, 5.41) is 9.96. The standard InChI is InChI=1S/C20H27N5O2/c1-14(2)12-25-9-5-15-18(23-13-22-15)20(25)6-10-24(11-7-20)19(27)17-16(26)4-3-8-21-17/h3-4,8,13-14,26H,5-7,9-12H2,1-2H3,(H,22,23).